The number of nitrogens with one attached hydrogen (secondary N) is 2. The first-order valence-electron chi connectivity index (χ1n) is 7.79. The van der Waals surface area contributed by atoms with Crippen molar-refractivity contribution in [3.05, 3.63) is 42.2 Å². The highest BCUT2D eigenvalue weighted by atomic mass is 16.2. The molecule has 24 heavy (non-hydrogen) atoms. The zero-order valence-corrected chi connectivity index (χ0v) is 14.0. The van der Waals surface area contributed by atoms with Crippen molar-refractivity contribution in [2.75, 3.05) is 23.7 Å². The van der Waals surface area contributed by atoms with Crippen LogP contribution in [0, 0.1) is 0 Å². The van der Waals surface area contributed by atoms with Crippen LogP contribution in [0.4, 0.5) is 17.3 Å². The summed E-state index contributed by atoms with van der Waals surface area (Å²) in [6.45, 7) is 6.60. The molecule has 0 aliphatic heterocycles. The quantitative estimate of drug-likeness (QED) is 0.852. The van der Waals surface area contributed by atoms with Gasteiger partial charge in [-0.05, 0) is 32.0 Å². The molecule has 2 aromatic rings. The van der Waals surface area contributed by atoms with Gasteiger partial charge in [-0.3, -0.25) is 9.59 Å². The van der Waals surface area contributed by atoms with E-state index in [4.69, 9.17) is 0 Å². The van der Waals surface area contributed by atoms with Gasteiger partial charge in [-0.1, -0.05) is 6.07 Å². The fraction of sp³-hybridized carbons (Fsp3) is 0.294. The van der Waals surface area contributed by atoms with Gasteiger partial charge in [0, 0.05) is 43.8 Å². The summed E-state index contributed by atoms with van der Waals surface area (Å²) in [6.07, 6.45) is 3.02. The predicted molar refractivity (Wildman–Crippen MR) is 93.3 cm³/mol. The van der Waals surface area contributed by atoms with Gasteiger partial charge in [0.2, 0.25) is 11.9 Å². The standard InChI is InChI=1S/C17H21N5O2/c1-4-22(5-2)16(24)13-10-18-17(19-11-13)21-15-8-6-7-14(9-15)20-12(3)23/h6-11H,4-5H2,1-3H3,(H,20,23)(H,18,19,21). The number of rotatable bonds is 6. The Labute approximate surface area is 141 Å². The fourth-order valence-electron chi connectivity index (χ4n) is 2.20. The van der Waals surface area contributed by atoms with Gasteiger partial charge < -0.3 is 15.5 Å². The van der Waals surface area contributed by atoms with E-state index in [1.165, 1.54) is 19.3 Å². The fourth-order valence-corrected chi connectivity index (χ4v) is 2.20. The van der Waals surface area contributed by atoms with Gasteiger partial charge in [-0.15, -0.1) is 0 Å². The van der Waals surface area contributed by atoms with Crippen molar-refractivity contribution in [3.8, 4) is 0 Å². The highest BCUT2D eigenvalue weighted by molar-refractivity contribution is 5.93. The lowest BCUT2D eigenvalue weighted by molar-refractivity contribution is -0.114. The number of hydrogen-bond acceptors (Lipinski definition) is 5. The van der Waals surface area contributed by atoms with Crippen LogP contribution in [0.25, 0.3) is 0 Å². The molecule has 0 bridgehead atoms. The van der Waals surface area contributed by atoms with Gasteiger partial charge in [0.05, 0.1) is 5.56 Å². The molecular weight excluding hydrogens is 306 g/mol. The van der Waals surface area contributed by atoms with Gasteiger partial charge in [0.15, 0.2) is 0 Å². The van der Waals surface area contributed by atoms with Gasteiger partial charge in [-0.25, -0.2) is 9.97 Å². The average Bonchev–Trinajstić information content (AvgIpc) is 2.56. The molecule has 7 nitrogen and oxygen atoms in total. The van der Waals surface area contributed by atoms with Gasteiger partial charge in [0.1, 0.15) is 0 Å². The summed E-state index contributed by atoms with van der Waals surface area (Å²) < 4.78 is 0. The average molecular weight is 327 g/mol. The Morgan fingerprint density at radius 3 is 2.29 bits per heavy atom. The molecule has 1 heterocycles. The van der Waals surface area contributed by atoms with Gasteiger partial charge >= 0.3 is 0 Å². The normalized spacial score (nSPS) is 10.1. The van der Waals surface area contributed by atoms with Crippen LogP contribution in [0.15, 0.2) is 36.7 Å². The van der Waals surface area contributed by atoms with Crippen molar-refractivity contribution in [2.24, 2.45) is 0 Å². The molecule has 0 radical (unpaired) electrons. The third-order valence-corrected chi connectivity index (χ3v) is 3.39. The minimum atomic E-state index is -0.136. The van der Waals surface area contributed by atoms with Crippen LogP contribution in [0.3, 0.4) is 0 Å². The zero-order valence-electron chi connectivity index (χ0n) is 14.0. The summed E-state index contributed by atoms with van der Waals surface area (Å²) in [6, 6.07) is 7.22. The number of aromatic nitrogens is 2. The minimum Gasteiger partial charge on any atom is -0.339 e. The summed E-state index contributed by atoms with van der Waals surface area (Å²) >= 11 is 0. The van der Waals surface area contributed by atoms with Crippen LogP contribution in [0.5, 0.6) is 0 Å². The van der Waals surface area contributed by atoms with Crippen molar-refractivity contribution in [1.82, 2.24) is 14.9 Å². The Hall–Kier alpha value is -2.96. The van der Waals surface area contributed by atoms with E-state index >= 15 is 0 Å². The molecule has 0 spiro atoms. The van der Waals surface area contributed by atoms with Crippen molar-refractivity contribution >= 4 is 29.1 Å². The third-order valence-electron chi connectivity index (χ3n) is 3.39. The van der Waals surface area contributed by atoms with E-state index in [9.17, 15) is 9.59 Å². The number of anilines is 3. The van der Waals surface area contributed by atoms with Gasteiger partial charge in [-0.2, -0.15) is 0 Å². The lowest BCUT2D eigenvalue weighted by Gasteiger charge is -2.18. The summed E-state index contributed by atoms with van der Waals surface area (Å²) in [7, 11) is 0. The maximum atomic E-state index is 12.2. The molecule has 2 N–H and O–H groups in total. The minimum absolute atomic E-state index is 0.0841. The molecule has 0 fully saturated rings. The lowest BCUT2D eigenvalue weighted by atomic mass is 10.2. The highest BCUT2D eigenvalue weighted by Crippen LogP contribution is 2.18. The Bertz CT molecular complexity index is 711. The second-order valence-corrected chi connectivity index (χ2v) is 5.16. The largest absolute Gasteiger partial charge is 0.339 e. The smallest absolute Gasteiger partial charge is 0.256 e. The van der Waals surface area contributed by atoms with Gasteiger partial charge in [0.25, 0.3) is 5.91 Å². The number of carbonyl (C=O) groups excluding carboxylic acids is 2. The van der Waals surface area contributed by atoms with E-state index in [2.05, 4.69) is 20.6 Å². The molecule has 0 unspecified atom stereocenters. The van der Waals surface area contributed by atoms with E-state index in [0.29, 0.717) is 30.3 Å². The molecule has 0 saturated heterocycles. The first-order valence-corrected chi connectivity index (χ1v) is 7.79. The summed E-state index contributed by atoms with van der Waals surface area (Å²) in [4.78, 5) is 33.4. The maximum absolute atomic E-state index is 12.2. The Balaban J connectivity index is 2.09. The molecule has 0 atom stereocenters. The lowest BCUT2D eigenvalue weighted by Crippen LogP contribution is -2.30. The van der Waals surface area contributed by atoms with Crippen molar-refractivity contribution < 1.29 is 9.59 Å². The highest BCUT2D eigenvalue weighted by Gasteiger charge is 2.13. The van der Waals surface area contributed by atoms with Crippen LogP contribution in [-0.4, -0.2) is 39.8 Å². The second kappa shape index (κ2) is 8.05. The monoisotopic (exact) mass is 327 g/mol. The van der Waals surface area contributed by atoms with Crippen LogP contribution >= 0.6 is 0 Å². The number of benzene rings is 1. The van der Waals surface area contributed by atoms with Crippen LogP contribution in [0.2, 0.25) is 0 Å². The molecule has 1 aromatic heterocycles. The first-order chi connectivity index (χ1) is 11.5. The summed E-state index contributed by atoms with van der Waals surface area (Å²) in [5, 5.41) is 5.75. The molecule has 0 aliphatic rings. The Kier molecular flexibility index (Phi) is 5.83. The molecule has 7 heteroatoms. The second-order valence-electron chi connectivity index (χ2n) is 5.16. The van der Waals surface area contributed by atoms with Crippen LogP contribution in [0.1, 0.15) is 31.1 Å². The number of hydrogen-bond donors (Lipinski definition) is 2. The van der Waals surface area contributed by atoms with E-state index in [1.807, 2.05) is 26.0 Å². The molecular formula is C17H21N5O2. The number of nitrogens with zero attached hydrogens (tertiary/aromatic N) is 3. The van der Waals surface area contributed by atoms with Crippen molar-refractivity contribution in [3.63, 3.8) is 0 Å². The van der Waals surface area contributed by atoms with Crippen LogP contribution < -0.4 is 10.6 Å². The predicted octanol–water partition coefficient (Wildman–Crippen LogP) is 2.66. The Morgan fingerprint density at radius 1 is 1.08 bits per heavy atom. The molecule has 1 aromatic carbocycles. The van der Waals surface area contributed by atoms with E-state index in [-0.39, 0.29) is 11.8 Å². The van der Waals surface area contributed by atoms with E-state index in [1.54, 1.807) is 17.0 Å². The summed E-state index contributed by atoms with van der Waals surface area (Å²) in [5.74, 6) is 0.160. The zero-order chi connectivity index (χ0) is 17.5. The maximum Gasteiger partial charge on any atom is 0.256 e. The molecule has 2 amide bonds. The SMILES string of the molecule is CCN(CC)C(=O)c1cnc(Nc2cccc(NC(C)=O)c2)nc1. The Morgan fingerprint density at radius 2 is 1.71 bits per heavy atom. The van der Waals surface area contributed by atoms with E-state index < -0.39 is 0 Å². The van der Waals surface area contributed by atoms with Crippen LogP contribution in [-0.2, 0) is 4.79 Å². The third kappa shape index (κ3) is 4.52. The molecule has 0 aliphatic carbocycles. The number of amides is 2. The molecule has 0 saturated carbocycles. The molecule has 2 rings (SSSR count). The number of carbonyl (C=O) groups is 2. The summed E-state index contributed by atoms with van der Waals surface area (Å²) in [5.41, 5.74) is 1.88. The topological polar surface area (TPSA) is 87.2 Å². The van der Waals surface area contributed by atoms with E-state index in [0.717, 1.165) is 5.69 Å². The van der Waals surface area contributed by atoms with Crippen molar-refractivity contribution in [2.45, 2.75) is 20.8 Å². The first kappa shape index (κ1) is 17.4. The van der Waals surface area contributed by atoms with Crippen molar-refractivity contribution in [1.29, 1.82) is 0 Å². The molecule has 126 valence electrons.